The van der Waals surface area contributed by atoms with Gasteiger partial charge in [0.05, 0.1) is 12.4 Å². The molecular formula is C15H20N4O. The summed E-state index contributed by atoms with van der Waals surface area (Å²) in [4.78, 5) is 17.3. The van der Waals surface area contributed by atoms with Gasteiger partial charge in [0.1, 0.15) is 0 Å². The van der Waals surface area contributed by atoms with Gasteiger partial charge in [-0.3, -0.25) is 4.79 Å². The Hall–Kier alpha value is -2.14. The predicted octanol–water partition coefficient (Wildman–Crippen LogP) is 1.44. The largest absolute Gasteiger partial charge is 0.347 e. The molecule has 1 aromatic heterocycles. The Kier molecular flexibility index (Phi) is 4.53. The van der Waals surface area contributed by atoms with Crippen LogP contribution in [0.3, 0.4) is 0 Å². The number of hydrogen-bond acceptors (Lipinski definition) is 3. The second-order valence-electron chi connectivity index (χ2n) is 4.97. The number of nitrogens with zero attached hydrogens (tertiary/aromatic N) is 3. The van der Waals surface area contributed by atoms with Gasteiger partial charge >= 0.3 is 0 Å². The van der Waals surface area contributed by atoms with Crippen molar-refractivity contribution in [3.63, 3.8) is 0 Å². The molecule has 1 aromatic carbocycles. The van der Waals surface area contributed by atoms with E-state index < -0.39 is 0 Å². The van der Waals surface area contributed by atoms with E-state index in [1.807, 2.05) is 29.8 Å². The lowest BCUT2D eigenvalue weighted by molar-refractivity contribution is -0.130. The van der Waals surface area contributed by atoms with Gasteiger partial charge in [0.2, 0.25) is 5.91 Å². The van der Waals surface area contributed by atoms with Crippen molar-refractivity contribution in [1.82, 2.24) is 19.8 Å². The maximum Gasteiger partial charge on any atom is 0.238 e. The molecule has 0 saturated carbocycles. The summed E-state index contributed by atoms with van der Waals surface area (Å²) in [5.74, 6) is 0.0834. The van der Waals surface area contributed by atoms with Gasteiger partial charge in [-0.25, -0.2) is 4.98 Å². The van der Waals surface area contributed by atoms with E-state index in [1.54, 1.807) is 31.5 Å². The van der Waals surface area contributed by atoms with Gasteiger partial charge in [0, 0.05) is 38.7 Å². The van der Waals surface area contributed by atoms with Crippen LogP contribution in [0.2, 0.25) is 0 Å². The summed E-state index contributed by atoms with van der Waals surface area (Å²) in [6, 6.07) is 8.00. The van der Waals surface area contributed by atoms with Crippen LogP contribution < -0.4 is 5.32 Å². The molecule has 0 aliphatic rings. The summed E-state index contributed by atoms with van der Waals surface area (Å²) in [6.45, 7) is 2.55. The van der Waals surface area contributed by atoms with E-state index in [4.69, 9.17) is 0 Å². The third kappa shape index (κ3) is 3.45. The van der Waals surface area contributed by atoms with Crippen LogP contribution >= 0.6 is 0 Å². The van der Waals surface area contributed by atoms with Gasteiger partial charge in [-0.1, -0.05) is 12.1 Å². The van der Waals surface area contributed by atoms with E-state index >= 15 is 0 Å². The molecule has 2 aromatic rings. The highest BCUT2D eigenvalue weighted by Gasteiger charge is 2.13. The van der Waals surface area contributed by atoms with Gasteiger partial charge in [-0.15, -0.1) is 0 Å². The number of rotatable bonds is 5. The molecule has 0 aliphatic carbocycles. The number of nitrogens with one attached hydrogen (secondary N) is 1. The molecule has 0 aliphatic heterocycles. The molecule has 2 rings (SSSR count). The second kappa shape index (κ2) is 6.34. The lowest BCUT2D eigenvalue weighted by Gasteiger charge is -2.18. The first-order valence-electron chi connectivity index (χ1n) is 6.60. The molecule has 1 unspecified atom stereocenters. The first-order valence-corrected chi connectivity index (χ1v) is 6.60. The molecule has 0 saturated heterocycles. The summed E-state index contributed by atoms with van der Waals surface area (Å²) in [6.07, 6.45) is 5.43. The van der Waals surface area contributed by atoms with E-state index in [1.165, 1.54) is 0 Å². The maximum absolute atomic E-state index is 11.7. The molecule has 0 bridgehead atoms. The summed E-state index contributed by atoms with van der Waals surface area (Å²) >= 11 is 0. The zero-order valence-electron chi connectivity index (χ0n) is 12.1. The van der Waals surface area contributed by atoms with Gasteiger partial charge in [0.25, 0.3) is 0 Å². The first kappa shape index (κ1) is 14.3. The molecular weight excluding hydrogens is 252 g/mol. The monoisotopic (exact) mass is 272 g/mol. The Morgan fingerprint density at radius 1 is 1.35 bits per heavy atom. The normalized spacial score (nSPS) is 12.2. The smallest absolute Gasteiger partial charge is 0.238 e. The number of benzene rings is 1. The number of likely N-dealkylation sites (N-methyl/N-ethyl adjacent to an activating group) is 1. The topological polar surface area (TPSA) is 50.2 Å². The molecule has 5 heteroatoms. The van der Waals surface area contributed by atoms with E-state index in [9.17, 15) is 4.79 Å². The summed E-state index contributed by atoms with van der Waals surface area (Å²) in [5.41, 5.74) is 2.22. The van der Waals surface area contributed by atoms with Crippen LogP contribution in [0.15, 0.2) is 43.0 Å². The highest BCUT2D eigenvalue weighted by Crippen LogP contribution is 2.09. The van der Waals surface area contributed by atoms with Crippen LogP contribution in [0, 0.1) is 0 Å². The van der Waals surface area contributed by atoms with Gasteiger partial charge in [-0.05, 0) is 24.6 Å². The molecule has 1 atom stereocenters. The van der Waals surface area contributed by atoms with E-state index in [-0.39, 0.29) is 11.9 Å². The standard InChI is InChI=1S/C15H20N4O/c1-12(15(20)18(2)3)17-10-13-4-6-14(7-5-13)19-9-8-16-11-19/h4-9,11-12,17H,10H2,1-3H3. The number of imidazole rings is 1. The van der Waals surface area contributed by atoms with Crippen LogP contribution in [-0.4, -0.2) is 40.5 Å². The third-order valence-corrected chi connectivity index (χ3v) is 3.16. The van der Waals surface area contributed by atoms with E-state index in [0.29, 0.717) is 6.54 Å². The number of carbonyl (C=O) groups excluding carboxylic acids is 1. The van der Waals surface area contributed by atoms with Crippen LogP contribution in [-0.2, 0) is 11.3 Å². The third-order valence-electron chi connectivity index (χ3n) is 3.16. The predicted molar refractivity (Wildman–Crippen MR) is 78.6 cm³/mol. The fourth-order valence-corrected chi connectivity index (χ4v) is 1.94. The molecule has 0 fully saturated rings. The van der Waals surface area contributed by atoms with E-state index in [0.717, 1.165) is 11.3 Å². The summed E-state index contributed by atoms with van der Waals surface area (Å²) in [5, 5.41) is 3.22. The minimum absolute atomic E-state index is 0.0834. The quantitative estimate of drug-likeness (QED) is 0.896. The van der Waals surface area contributed by atoms with Crippen molar-refractivity contribution in [2.24, 2.45) is 0 Å². The summed E-state index contributed by atoms with van der Waals surface area (Å²) < 4.78 is 1.95. The molecule has 1 amide bonds. The van der Waals surface area contributed by atoms with E-state index in [2.05, 4.69) is 22.4 Å². The Bertz CT molecular complexity index is 546. The zero-order valence-corrected chi connectivity index (χ0v) is 12.1. The van der Waals surface area contributed by atoms with Gasteiger partial charge in [0.15, 0.2) is 0 Å². The molecule has 106 valence electrons. The molecule has 5 nitrogen and oxygen atoms in total. The Labute approximate surface area is 119 Å². The zero-order chi connectivity index (χ0) is 14.5. The fourth-order valence-electron chi connectivity index (χ4n) is 1.94. The van der Waals surface area contributed by atoms with Crippen molar-refractivity contribution < 1.29 is 4.79 Å². The SMILES string of the molecule is CC(NCc1ccc(-n2ccnc2)cc1)C(=O)N(C)C. The Morgan fingerprint density at radius 2 is 2.05 bits per heavy atom. The minimum atomic E-state index is -0.182. The second-order valence-corrected chi connectivity index (χ2v) is 4.97. The maximum atomic E-state index is 11.7. The van der Waals surface area contributed by atoms with Crippen molar-refractivity contribution in [1.29, 1.82) is 0 Å². The molecule has 0 spiro atoms. The van der Waals surface area contributed by atoms with Crippen LogP contribution in [0.4, 0.5) is 0 Å². The average molecular weight is 272 g/mol. The highest BCUT2D eigenvalue weighted by molar-refractivity contribution is 5.80. The van der Waals surface area contributed by atoms with Crippen molar-refractivity contribution in [2.45, 2.75) is 19.5 Å². The lowest BCUT2D eigenvalue weighted by atomic mass is 10.2. The molecule has 1 N–H and O–H groups in total. The Balaban J connectivity index is 1.93. The lowest BCUT2D eigenvalue weighted by Crippen LogP contribution is -2.41. The van der Waals surface area contributed by atoms with Crippen molar-refractivity contribution in [3.8, 4) is 5.69 Å². The highest BCUT2D eigenvalue weighted by atomic mass is 16.2. The van der Waals surface area contributed by atoms with Gasteiger partial charge in [-0.2, -0.15) is 0 Å². The minimum Gasteiger partial charge on any atom is -0.347 e. The first-order chi connectivity index (χ1) is 9.58. The number of carbonyl (C=O) groups is 1. The summed E-state index contributed by atoms with van der Waals surface area (Å²) in [7, 11) is 3.53. The van der Waals surface area contributed by atoms with Crippen LogP contribution in [0.25, 0.3) is 5.69 Å². The number of hydrogen-bond donors (Lipinski definition) is 1. The van der Waals surface area contributed by atoms with Crippen molar-refractivity contribution in [3.05, 3.63) is 48.5 Å². The Morgan fingerprint density at radius 3 is 2.60 bits per heavy atom. The van der Waals surface area contributed by atoms with Crippen molar-refractivity contribution >= 4 is 5.91 Å². The number of aromatic nitrogens is 2. The molecule has 0 radical (unpaired) electrons. The van der Waals surface area contributed by atoms with Crippen LogP contribution in [0.1, 0.15) is 12.5 Å². The average Bonchev–Trinajstić information content (AvgIpc) is 2.98. The van der Waals surface area contributed by atoms with Gasteiger partial charge < -0.3 is 14.8 Å². The molecule has 1 heterocycles. The fraction of sp³-hybridized carbons (Fsp3) is 0.333. The van der Waals surface area contributed by atoms with Crippen LogP contribution in [0.5, 0.6) is 0 Å². The van der Waals surface area contributed by atoms with Crippen molar-refractivity contribution in [2.75, 3.05) is 14.1 Å². The molecule has 20 heavy (non-hydrogen) atoms. The number of amides is 1.